The zero-order chi connectivity index (χ0) is 19.6. The molecule has 0 bridgehead atoms. The maximum Gasteiger partial charge on any atom is 0.310 e. The summed E-state index contributed by atoms with van der Waals surface area (Å²) in [6, 6.07) is 10.2. The Hall–Kier alpha value is -2.80. The average molecular weight is 393 g/mol. The Kier molecular flexibility index (Phi) is 7.88. The number of nitrogens with zero attached hydrogens (tertiary/aromatic N) is 1. The number of hydrogen-bond donors (Lipinski definition) is 1. The van der Waals surface area contributed by atoms with E-state index in [2.05, 4.69) is 10.3 Å². The average Bonchev–Trinajstić information content (AvgIpc) is 2.65. The Morgan fingerprint density at radius 2 is 1.78 bits per heavy atom. The third kappa shape index (κ3) is 7.15. The fourth-order valence-corrected chi connectivity index (χ4v) is 2.15. The van der Waals surface area contributed by atoms with Crippen LogP contribution in [0.5, 0.6) is 11.5 Å². The van der Waals surface area contributed by atoms with Gasteiger partial charge in [0.2, 0.25) is 0 Å². The highest BCUT2D eigenvalue weighted by Crippen LogP contribution is 2.17. The van der Waals surface area contributed by atoms with E-state index in [9.17, 15) is 9.59 Å². The molecule has 0 saturated heterocycles. The normalized spacial score (nSPS) is 11.4. The predicted octanol–water partition coefficient (Wildman–Crippen LogP) is 3.47. The van der Waals surface area contributed by atoms with E-state index in [-0.39, 0.29) is 13.0 Å². The number of halogens is 1. The highest BCUT2D eigenvalue weighted by molar-refractivity contribution is 6.30. The van der Waals surface area contributed by atoms with Gasteiger partial charge in [-0.25, -0.2) is 4.98 Å². The Morgan fingerprint density at radius 1 is 1.11 bits per heavy atom. The van der Waals surface area contributed by atoms with E-state index in [1.807, 2.05) is 6.92 Å². The van der Waals surface area contributed by atoms with Crippen molar-refractivity contribution in [1.82, 2.24) is 4.98 Å². The van der Waals surface area contributed by atoms with Gasteiger partial charge in [0.15, 0.2) is 6.10 Å². The predicted molar refractivity (Wildman–Crippen MR) is 101 cm³/mol. The van der Waals surface area contributed by atoms with Crippen molar-refractivity contribution in [1.29, 1.82) is 0 Å². The monoisotopic (exact) mass is 392 g/mol. The maximum atomic E-state index is 12.0. The first-order valence-corrected chi connectivity index (χ1v) is 8.83. The lowest BCUT2D eigenvalue weighted by molar-refractivity contribution is -0.153. The van der Waals surface area contributed by atoms with Crippen molar-refractivity contribution in [2.75, 3.05) is 18.5 Å². The van der Waals surface area contributed by atoms with Gasteiger partial charge in [0, 0.05) is 6.20 Å². The number of rotatable bonds is 9. The number of nitrogens with one attached hydrogen (secondary N) is 1. The van der Waals surface area contributed by atoms with E-state index in [0.717, 1.165) is 5.75 Å². The molecule has 8 heteroatoms. The molecule has 1 aromatic carbocycles. The van der Waals surface area contributed by atoms with Crippen LogP contribution in [-0.2, 0) is 14.3 Å². The van der Waals surface area contributed by atoms with E-state index >= 15 is 0 Å². The summed E-state index contributed by atoms with van der Waals surface area (Å²) in [6.07, 6.45) is 0.469. The third-order valence-electron chi connectivity index (χ3n) is 3.37. The summed E-state index contributed by atoms with van der Waals surface area (Å²) in [6.45, 7) is 4.12. The van der Waals surface area contributed by atoms with E-state index in [4.69, 9.17) is 25.8 Å². The Balaban J connectivity index is 1.71. The fraction of sp³-hybridized carbons (Fsp3) is 0.316. The quantitative estimate of drug-likeness (QED) is 0.657. The molecule has 1 amide bonds. The third-order valence-corrected chi connectivity index (χ3v) is 3.59. The second-order valence-electron chi connectivity index (χ2n) is 5.49. The van der Waals surface area contributed by atoms with Crippen molar-refractivity contribution in [3.05, 3.63) is 47.6 Å². The lowest BCUT2D eigenvalue weighted by Gasteiger charge is -2.13. The lowest BCUT2D eigenvalue weighted by atomic mass is 10.3. The number of esters is 1. The summed E-state index contributed by atoms with van der Waals surface area (Å²) >= 11 is 5.73. The summed E-state index contributed by atoms with van der Waals surface area (Å²) in [5, 5.41) is 3.00. The van der Waals surface area contributed by atoms with Gasteiger partial charge in [0.25, 0.3) is 5.91 Å². The second kappa shape index (κ2) is 10.4. The SMILES string of the molecule is CCOc1ccc(OCCC(=O)OC(C)C(=O)Nc2ccc(Cl)cn2)cc1. The van der Waals surface area contributed by atoms with Crippen LogP contribution < -0.4 is 14.8 Å². The molecule has 0 aliphatic carbocycles. The van der Waals surface area contributed by atoms with E-state index in [1.165, 1.54) is 13.1 Å². The summed E-state index contributed by atoms with van der Waals surface area (Å²) in [7, 11) is 0. The number of carbonyl (C=O) groups excluding carboxylic acids is 2. The van der Waals surface area contributed by atoms with Crippen LogP contribution in [0.2, 0.25) is 5.02 Å². The van der Waals surface area contributed by atoms with Crippen LogP contribution in [-0.4, -0.2) is 36.2 Å². The molecule has 2 rings (SSSR count). The summed E-state index contributed by atoms with van der Waals surface area (Å²) in [5.41, 5.74) is 0. The van der Waals surface area contributed by atoms with Crippen LogP contribution in [0.1, 0.15) is 20.3 Å². The molecule has 7 nitrogen and oxygen atoms in total. The molecule has 1 aromatic heterocycles. The van der Waals surface area contributed by atoms with Crippen LogP contribution in [0, 0.1) is 0 Å². The van der Waals surface area contributed by atoms with Crippen LogP contribution in [0.3, 0.4) is 0 Å². The van der Waals surface area contributed by atoms with Gasteiger partial charge in [-0.2, -0.15) is 0 Å². The summed E-state index contributed by atoms with van der Waals surface area (Å²) in [5.74, 6) is 0.675. The minimum absolute atomic E-state index is 0.0179. The number of amides is 1. The smallest absolute Gasteiger partial charge is 0.310 e. The van der Waals surface area contributed by atoms with Gasteiger partial charge in [-0.05, 0) is 50.2 Å². The van der Waals surface area contributed by atoms with Gasteiger partial charge in [0.05, 0.1) is 24.7 Å². The van der Waals surface area contributed by atoms with Gasteiger partial charge in [-0.3, -0.25) is 9.59 Å². The summed E-state index contributed by atoms with van der Waals surface area (Å²) in [4.78, 5) is 27.8. The fourth-order valence-electron chi connectivity index (χ4n) is 2.04. The molecule has 0 fully saturated rings. The maximum absolute atomic E-state index is 12.0. The molecule has 1 N–H and O–H groups in total. The number of ether oxygens (including phenoxy) is 3. The molecule has 144 valence electrons. The Labute approximate surface area is 162 Å². The van der Waals surface area contributed by atoms with Crippen molar-refractivity contribution in [3.63, 3.8) is 0 Å². The topological polar surface area (TPSA) is 86.8 Å². The van der Waals surface area contributed by atoms with Gasteiger partial charge < -0.3 is 19.5 Å². The molecule has 2 aromatic rings. The van der Waals surface area contributed by atoms with Crippen LogP contribution in [0.25, 0.3) is 0 Å². The molecule has 0 aliphatic heterocycles. The van der Waals surface area contributed by atoms with E-state index < -0.39 is 18.0 Å². The molecule has 1 heterocycles. The number of pyridine rings is 1. The van der Waals surface area contributed by atoms with Crippen molar-refractivity contribution in [2.24, 2.45) is 0 Å². The standard InChI is InChI=1S/C19H21ClN2O5/c1-3-25-15-5-7-16(8-6-15)26-11-10-18(23)27-13(2)19(24)22-17-9-4-14(20)12-21-17/h4-9,12-13H,3,10-11H2,1-2H3,(H,21,22,24). The van der Waals surface area contributed by atoms with Crippen LogP contribution >= 0.6 is 11.6 Å². The van der Waals surface area contributed by atoms with Gasteiger partial charge in [0.1, 0.15) is 17.3 Å². The molecule has 1 atom stereocenters. The zero-order valence-corrected chi connectivity index (χ0v) is 15.9. The molecular weight excluding hydrogens is 372 g/mol. The molecule has 27 heavy (non-hydrogen) atoms. The van der Waals surface area contributed by atoms with Gasteiger partial charge in [-0.1, -0.05) is 11.6 Å². The van der Waals surface area contributed by atoms with Crippen molar-refractivity contribution in [3.8, 4) is 11.5 Å². The zero-order valence-electron chi connectivity index (χ0n) is 15.1. The largest absolute Gasteiger partial charge is 0.494 e. The highest BCUT2D eigenvalue weighted by atomic mass is 35.5. The van der Waals surface area contributed by atoms with Crippen LogP contribution in [0.4, 0.5) is 5.82 Å². The van der Waals surface area contributed by atoms with Crippen LogP contribution in [0.15, 0.2) is 42.6 Å². The first-order valence-electron chi connectivity index (χ1n) is 8.45. The molecule has 0 radical (unpaired) electrons. The second-order valence-corrected chi connectivity index (χ2v) is 5.92. The molecule has 1 unspecified atom stereocenters. The lowest BCUT2D eigenvalue weighted by Crippen LogP contribution is -2.30. The van der Waals surface area contributed by atoms with E-state index in [1.54, 1.807) is 36.4 Å². The number of benzene rings is 1. The number of hydrogen-bond acceptors (Lipinski definition) is 6. The molecule has 0 aliphatic rings. The highest BCUT2D eigenvalue weighted by Gasteiger charge is 2.18. The Morgan fingerprint density at radius 3 is 2.37 bits per heavy atom. The number of anilines is 1. The minimum Gasteiger partial charge on any atom is -0.494 e. The number of aromatic nitrogens is 1. The summed E-state index contributed by atoms with van der Waals surface area (Å²) < 4.78 is 15.9. The molecule has 0 spiro atoms. The van der Waals surface area contributed by atoms with Gasteiger partial charge >= 0.3 is 5.97 Å². The van der Waals surface area contributed by atoms with Crippen molar-refractivity contribution >= 4 is 29.3 Å². The van der Waals surface area contributed by atoms with E-state index in [0.29, 0.717) is 23.2 Å². The minimum atomic E-state index is -0.958. The molecular formula is C19H21ClN2O5. The molecule has 0 saturated carbocycles. The van der Waals surface area contributed by atoms with Crippen molar-refractivity contribution in [2.45, 2.75) is 26.4 Å². The Bertz CT molecular complexity index is 750. The van der Waals surface area contributed by atoms with Crippen molar-refractivity contribution < 1.29 is 23.8 Å². The number of carbonyl (C=O) groups is 2. The van der Waals surface area contributed by atoms with Gasteiger partial charge in [-0.15, -0.1) is 0 Å². The first-order chi connectivity index (χ1) is 13.0. The first kappa shape index (κ1) is 20.5.